The number of carbonyl (C=O) groups excluding carboxylic acids is 1. The molecular formula is C18H25NOS. The van der Waals surface area contributed by atoms with Crippen molar-refractivity contribution >= 4 is 17.5 Å². The van der Waals surface area contributed by atoms with Gasteiger partial charge in [0.05, 0.1) is 5.25 Å². The van der Waals surface area contributed by atoms with Gasteiger partial charge in [0.1, 0.15) is 5.40 Å². The predicted molar refractivity (Wildman–Crippen MR) is 90.8 cm³/mol. The number of thiocyanates is 1. The maximum Gasteiger partial charge on any atom is 0.177 e. The van der Waals surface area contributed by atoms with Gasteiger partial charge in [-0.25, -0.2) is 0 Å². The lowest BCUT2D eigenvalue weighted by atomic mass is 9.88. The molecule has 0 aliphatic rings. The average Bonchev–Trinajstić information content (AvgIpc) is 2.42. The number of hydrogen-bond acceptors (Lipinski definition) is 3. The lowest BCUT2D eigenvalue weighted by Crippen LogP contribution is -2.24. The first kappa shape index (κ1) is 17.8. The van der Waals surface area contributed by atoms with Crippen molar-refractivity contribution in [2.75, 3.05) is 0 Å². The second-order valence-corrected chi connectivity index (χ2v) is 7.32. The number of benzene rings is 1. The van der Waals surface area contributed by atoms with Crippen LogP contribution in [0, 0.1) is 16.6 Å². The molecule has 1 aromatic carbocycles. The molecule has 21 heavy (non-hydrogen) atoms. The molecule has 0 N–H and O–H groups in total. The number of carbonyl (C=O) groups is 1. The highest BCUT2D eigenvalue weighted by atomic mass is 32.2. The molecule has 0 saturated heterocycles. The Kier molecular flexibility index (Phi) is 6.48. The average molecular weight is 303 g/mol. The zero-order valence-corrected chi connectivity index (χ0v) is 14.6. The lowest BCUT2D eigenvalue weighted by Gasteiger charge is -2.20. The molecule has 0 saturated carbocycles. The van der Waals surface area contributed by atoms with Gasteiger partial charge in [0.25, 0.3) is 0 Å². The Morgan fingerprint density at radius 1 is 1.10 bits per heavy atom. The van der Waals surface area contributed by atoms with E-state index in [4.69, 9.17) is 5.26 Å². The van der Waals surface area contributed by atoms with E-state index >= 15 is 0 Å². The minimum absolute atomic E-state index is 0.0792. The zero-order chi connectivity index (χ0) is 16.2. The van der Waals surface area contributed by atoms with Gasteiger partial charge in [0.2, 0.25) is 0 Å². The number of Topliss-reactive ketones (excluding diaryl/α,β-unsaturated/α-hetero) is 1. The van der Waals surface area contributed by atoms with E-state index in [2.05, 4.69) is 39.2 Å². The lowest BCUT2D eigenvalue weighted by molar-refractivity contribution is 0.0974. The minimum atomic E-state index is -0.294. The maximum absolute atomic E-state index is 12.8. The van der Waals surface area contributed by atoms with Crippen LogP contribution in [0.25, 0.3) is 0 Å². The molecule has 1 aromatic rings. The van der Waals surface area contributed by atoms with E-state index in [9.17, 15) is 4.79 Å². The summed E-state index contributed by atoms with van der Waals surface area (Å²) in [6, 6.07) is 6.13. The molecule has 0 radical (unpaired) electrons. The van der Waals surface area contributed by atoms with E-state index in [0.717, 1.165) is 22.9 Å². The maximum atomic E-state index is 12.8. The van der Waals surface area contributed by atoms with Crippen LogP contribution in [-0.4, -0.2) is 11.0 Å². The van der Waals surface area contributed by atoms with Gasteiger partial charge in [-0.05, 0) is 40.6 Å². The molecule has 0 spiro atoms. The molecule has 0 aromatic heterocycles. The van der Waals surface area contributed by atoms with Gasteiger partial charge in [-0.1, -0.05) is 59.7 Å². The van der Waals surface area contributed by atoms with Crippen LogP contribution >= 0.6 is 11.8 Å². The highest BCUT2D eigenvalue weighted by Gasteiger charge is 2.27. The summed E-state index contributed by atoms with van der Waals surface area (Å²) in [6.07, 6.45) is 0. The van der Waals surface area contributed by atoms with Crippen LogP contribution in [0.5, 0.6) is 0 Å². The Morgan fingerprint density at radius 3 is 2.14 bits per heavy atom. The van der Waals surface area contributed by atoms with E-state index < -0.39 is 0 Å². The number of nitrogens with zero attached hydrogens (tertiary/aromatic N) is 1. The van der Waals surface area contributed by atoms with E-state index in [0.29, 0.717) is 11.8 Å². The summed E-state index contributed by atoms with van der Waals surface area (Å²) in [5, 5.41) is 10.7. The minimum Gasteiger partial charge on any atom is -0.293 e. The van der Waals surface area contributed by atoms with Gasteiger partial charge < -0.3 is 0 Å². The molecule has 114 valence electrons. The van der Waals surface area contributed by atoms with Crippen molar-refractivity contribution in [3.63, 3.8) is 0 Å². The molecule has 0 fully saturated rings. The molecular weight excluding hydrogens is 278 g/mol. The molecule has 0 heterocycles. The monoisotopic (exact) mass is 303 g/mol. The van der Waals surface area contributed by atoms with Crippen LogP contribution < -0.4 is 0 Å². The van der Waals surface area contributed by atoms with E-state index in [1.807, 2.05) is 26.0 Å². The molecule has 0 aliphatic carbocycles. The second kappa shape index (κ2) is 7.66. The quantitative estimate of drug-likeness (QED) is 0.525. The van der Waals surface area contributed by atoms with Crippen LogP contribution in [0.4, 0.5) is 0 Å². The van der Waals surface area contributed by atoms with Crippen molar-refractivity contribution in [1.82, 2.24) is 0 Å². The van der Waals surface area contributed by atoms with Gasteiger partial charge in [-0.15, -0.1) is 0 Å². The largest absolute Gasteiger partial charge is 0.293 e. The Labute approximate surface area is 132 Å². The van der Waals surface area contributed by atoms with Crippen molar-refractivity contribution in [1.29, 1.82) is 5.26 Å². The predicted octanol–water partition coefficient (Wildman–Crippen LogP) is 5.35. The van der Waals surface area contributed by atoms with Gasteiger partial charge in [-0.3, -0.25) is 4.79 Å². The number of nitriles is 1. The molecule has 1 rings (SSSR count). The summed E-state index contributed by atoms with van der Waals surface area (Å²) in [5.74, 6) is 0.964. The number of ketones is 1. The molecule has 0 aliphatic heterocycles. The summed E-state index contributed by atoms with van der Waals surface area (Å²) in [5.41, 5.74) is 3.12. The highest BCUT2D eigenvalue weighted by Crippen LogP contribution is 2.29. The van der Waals surface area contributed by atoms with Crippen LogP contribution in [0.3, 0.4) is 0 Å². The van der Waals surface area contributed by atoms with Gasteiger partial charge in [0.15, 0.2) is 5.78 Å². The van der Waals surface area contributed by atoms with Crippen LogP contribution in [-0.2, 0) is 0 Å². The van der Waals surface area contributed by atoms with Crippen molar-refractivity contribution in [2.45, 2.75) is 58.6 Å². The number of rotatable bonds is 6. The third-order valence-electron chi connectivity index (χ3n) is 3.67. The van der Waals surface area contributed by atoms with Crippen molar-refractivity contribution < 1.29 is 4.79 Å². The topological polar surface area (TPSA) is 40.9 Å². The molecule has 1 unspecified atom stereocenters. The second-order valence-electron chi connectivity index (χ2n) is 6.39. The summed E-state index contributed by atoms with van der Waals surface area (Å²) < 4.78 is 0. The first-order valence-corrected chi connectivity index (χ1v) is 8.40. The molecule has 0 amide bonds. The number of hydrogen-bond donors (Lipinski definition) is 0. The van der Waals surface area contributed by atoms with Crippen LogP contribution in [0.1, 0.15) is 74.9 Å². The zero-order valence-electron chi connectivity index (χ0n) is 13.8. The fourth-order valence-corrected chi connectivity index (χ4v) is 2.96. The summed E-state index contributed by atoms with van der Waals surface area (Å²) in [4.78, 5) is 12.8. The van der Waals surface area contributed by atoms with E-state index in [1.165, 1.54) is 5.56 Å². The van der Waals surface area contributed by atoms with E-state index in [-0.39, 0.29) is 17.0 Å². The molecule has 1 atom stereocenters. The van der Waals surface area contributed by atoms with Gasteiger partial charge in [-0.2, -0.15) is 5.26 Å². The smallest absolute Gasteiger partial charge is 0.177 e. The van der Waals surface area contributed by atoms with Gasteiger partial charge >= 0.3 is 0 Å². The SMILES string of the molecule is CC(C)c1ccc(C(=O)C(SC#N)C(C)C)c(C(C)C)c1. The Hall–Kier alpha value is -1.27. The number of thioether (sulfide) groups is 1. The normalized spacial score (nSPS) is 12.8. The first-order valence-electron chi connectivity index (χ1n) is 7.52. The fraction of sp³-hybridized carbons (Fsp3) is 0.556. The van der Waals surface area contributed by atoms with E-state index in [1.54, 1.807) is 0 Å². The van der Waals surface area contributed by atoms with Crippen LogP contribution in [0.2, 0.25) is 0 Å². The van der Waals surface area contributed by atoms with Crippen molar-refractivity contribution in [3.05, 3.63) is 34.9 Å². The van der Waals surface area contributed by atoms with Crippen molar-refractivity contribution in [3.8, 4) is 5.40 Å². The van der Waals surface area contributed by atoms with Crippen LogP contribution in [0.15, 0.2) is 18.2 Å². The standard InChI is InChI=1S/C18H25NOS/c1-11(2)14-7-8-15(16(9-14)12(3)4)17(20)18(13(5)6)21-10-19/h7-9,11-13,18H,1-6H3. The summed E-state index contributed by atoms with van der Waals surface area (Å²) >= 11 is 1.07. The summed E-state index contributed by atoms with van der Waals surface area (Å²) in [7, 11) is 0. The first-order chi connectivity index (χ1) is 9.79. The highest BCUT2D eigenvalue weighted by molar-refractivity contribution is 8.05. The van der Waals surface area contributed by atoms with Crippen molar-refractivity contribution in [2.24, 2.45) is 5.92 Å². The molecule has 3 heteroatoms. The third-order valence-corrected chi connectivity index (χ3v) is 4.79. The molecule has 2 nitrogen and oxygen atoms in total. The third kappa shape index (κ3) is 4.35. The summed E-state index contributed by atoms with van der Waals surface area (Å²) in [6.45, 7) is 12.5. The van der Waals surface area contributed by atoms with Gasteiger partial charge in [0, 0.05) is 5.56 Å². The fourth-order valence-electron chi connectivity index (χ4n) is 2.34. The molecule has 0 bridgehead atoms. The Morgan fingerprint density at radius 2 is 1.71 bits per heavy atom. The Bertz CT molecular complexity index is 541. The Balaban J connectivity index is 3.28.